The first-order valence-electron chi connectivity index (χ1n) is 6.28. The van der Waals surface area contributed by atoms with Crippen LogP contribution < -0.4 is 0 Å². The minimum absolute atomic E-state index is 0.0163. The van der Waals surface area contributed by atoms with Gasteiger partial charge in [-0.2, -0.15) is 5.10 Å². The van der Waals surface area contributed by atoms with Crippen LogP contribution in [-0.2, 0) is 11.8 Å². The fourth-order valence-electron chi connectivity index (χ4n) is 2.47. The summed E-state index contributed by atoms with van der Waals surface area (Å²) >= 11 is 0. The Bertz CT molecular complexity index is 469. The van der Waals surface area contributed by atoms with Crippen LogP contribution in [-0.4, -0.2) is 39.5 Å². The summed E-state index contributed by atoms with van der Waals surface area (Å²) in [6.45, 7) is 1.87. The number of amides is 1. The monoisotopic (exact) mass is 249 g/mol. The van der Waals surface area contributed by atoms with Crippen molar-refractivity contribution in [1.29, 1.82) is 0 Å². The largest absolute Gasteiger partial charge is 0.337 e. The Labute approximate surface area is 107 Å². The molecule has 1 amide bonds. The van der Waals surface area contributed by atoms with Crippen LogP contribution in [0.3, 0.4) is 0 Å². The van der Waals surface area contributed by atoms with Crippen LogP contribution in [0.5, 0.6) is 0 Å². The number of rotatable bonds is 2. The summed E-state index contributed by atoms with van der Waals surface area (Å²) in [5.74, 6) is 0.293. The molecule has 0 saturated heterocycles. The van der Waals surface area contributed by atoms with E-state index in [0.717, 1.165) is 18.5 Å². The summed E-state index contributed by atoms with van der Waals surface area (Å²) in [7, 11) is 3.59. The number of aromatic nitrogens is 2. The van der Waals surface area contributed by atoms with Crippen LogP contribution in [0.1, 0.15) is 41.9 Å². The predicted molar refractivity (Wildman–Crippen MR) is 67.3 cm³/mol. The summed E-state index contributed by atoms with van der Waals surface area (Å²) in [6, 6.07) is 1.97. The van der Waals surface area contributed by atoms with E-state index in [1.807, 2.05) is 14.0 Å². The zero-order valence-electron chi connectivity index (χ0n) is 11.1. The molecule has 2 rings (SSSR count). The predicted octanol–water partition coefficient (Wildman–Crippen LogP) is 1.31. The third-order valence-corrected chi connectivity index (χ3v) is 3.60. The maximum absolute atomic E-state index is 12.3. The van der Waals surface area contributed by atoms with Crippen molar-refractivity contribution in [2.45, 2.75) is 38.6 Å². The highest BCUT2D eigenvalue weighted by Crippen LogP contribution is 2.21. The number of nitrogens with zero attached hydrogens (tertiary/aromatic N) is 3. The van der Waals surface area contributed by atoms with Gasteiger partial charge in [0.1, 0.15) is 11.5 Å². The smallest absolute Gasteiger partial charge is 0.272 e. The summed E-state index contributed by atoms with van der Waals surface area (Å²) in [5.41, 5.74) is 1.44. The number of aryl methyl sites for hydroxylation is 2. The van der Waals surface area contributed by atoms with Gasteiger partial charge >= 0.3 is 0 Å². The number of hydrogen-bond donors (Lipinski definition) is 0. The fourth-order valence-corrected chi connectivity index (χ4v) is 2.47. The van der Waals surface area contributed by atoms with Gasteiger partial charge in [0.2, 0.25) is 0 Å². The highest BCUT2D eigenvalue weighted by Gasteiger charge is 2.27. The second-order valence-corrected chi connectivity index (χ2v) is 4.98. The van der Waals surface area contributed by atoms with E-state index >= 15 is 0 Å². The van der Waals surface area contributed by atoms with Crippen molar-refractivity contribution in [3.8, 4) is 0 Å². The van der Waals surface area contributed by atoms with Crippen molar-refractivity contribution in [2.24, 2.45) is 7.05 Å². The Kier molecular flexibility index (Phi) is 3.50. The summed E-state index contributed by atoms with van der Waals surface area (Å²) in [4.78, 5) is 25.3. The molecule has 1 aromatic rings. The average Bonchev–Trinajstić information content (AvgIpc) is 2.67. The van der Waals surface area contributed by atoms with E-state index in [4.69, 9.17) is 0 Å². The fraction of sp³-hybridized carbons (Fsp3) is 0.615. The van der Waals surface area contributed by atoms with Crippen molar-refractivity contribution in [3.63, 3.8) is 0 Å². The lowest BCUT2D eigenvalue weighted by Gasteiger charge is -2.30. The zero-order valence-corrected chi connectivity index (χ0v) is 11.1. The molecule has 0 spiro atoms. The Morgan fingerprint density at radius 3 is 2.56 bits per heavy atom. The molecule has 1 aliphatic rings. The van der Waals surface area contributed by atoms with E-state index in [1.54, 1.807) is 22.7 Å². The van der Waals surface area contributed by atoms with Gasteiger partial charge in [-0.25, -0.2) is 0 Å². The van der Waals surface area contributed by atoms with Crippen LogP contribution in [0.4, 0.5) is 0 Å². The quantitative estimate of drug-likeness (QED) is 0.794. The lowest BCUT2D eigenvalue weighted by molar-refractivity contribution is -0.121. The molecule has 1 fully saturated rings. The molecule has 1 saturated carbocycles. The van der Waals surface area contributed by atoms with Crippen molar-refractivity contribution >= 4 is 11.7 Å². The second-order valence-electron chi connectivity index (χ2n) is 4.98. The molecule has 1 aromatic heterocycles. The van der Waals surface area contributed by atoms with Gasteiger partial charge in [0.15, 0.2) is 0 Å². The van der Waals surface area contributed by atoms with Crippen molar-refractivity contribution in [2.75, 3.05) is 7.05 Å². The van der Waals surface area contributed by atoms with E-state index in [1.165, 1.54) is 0 Å². The van der Waals surface area contributed by atoms with Gasteiger partial charge in [0.05, 0.1) is 5.69 Å². The van der Waals surface area contributed by atoms with E-state index in [-0.39, 0.29) is 11.9 Å². The molecule has 0 aliphatic heterocycles. The normalized spacial score (nSPS) is 16.9. The van der Waals surface area contributed by atoms with Crippen LogP contribution in [0.15, 0.2) is 6.07 Å². The number of ketones is 1. The second kappa shape index (κ2) is 4.92. The summed E-state index contributed by atoms with van der Waals surface area (Å²) in [5, 5.41) is 4.19. The molecule has 0 bridgehead atoms. The molecular formula is C13H19N3O2. The zero-order chi connectivity index (χ0) is 13.3. The van der Waals surface area contributed by atoms with E-state index in [0.29, 0.717) is 24.3 Å². The topological polar surface area (TPSA) is 55.2 Å². The highest BCUT2D eigenvalue weighted by molar-refractivity contribution is 5.93. The van der Waals surface area contributed by atoms with Gasteiger partial charge in [-0.05, 0) is 25.8 Å². The Morgan fingerprint density at radius 2 is 2.06 bits per heavy atom. The molecular weight excluding hydrogens is 230 g/mol. The molecule has 0 unspecified atom stereocenters. The van der Waals surface area contributed by atoms with Gasteiger partial charge < -0.3 is 4.90 Å². The van der Waals surface area contributed by atoms with Crippen molar-refractivity contribution in [1.82, 2.24) is 14.7 Å². The lowest BCUT2D eigenvalue weighted by Crippen LogP contribution is -2.40. The first-order valence-corrected chi connectivity index (χ1v) is 6.28. The van der Waals surface area contributed by atoms with Gasteiger partial charge in [-0.3, -0.25) is 14.3 Å². The number of carbonyl (C=O) groups excluding carboxylic acids is 2. The van der Waals surface area contributed by atoms with Gasteiger partial charge in [-0.15, -0.1) is 0 Å². The molecule has 0 aromatic carbocycles. The summed E-state index contributed by atoms with van der Waals surface area (Å²) < 4.78 is 1.61. The Balaban J connectivity index is 2.09. The highest BCUT2D eigenvalue weighted by atomic mass is 16.2. The Morgan fingerprint density at radius 1 is 1.44 bits per heavy atom. The number of Topliss-reactive ketones (excluding diaryl/α,β-unsaturated/α-hetero) is 1. The minimum Gasteiger partial charge on any atom is -0.337 e. The Hall–Kier alpha value is -1.65. The van der Waals surface area contributed by atoms with Crippen molar-refractivity contribution < 1.29 is 9.59 Å². The first-order chi connectivity index (χ1) is 8.49. The van der Waals surface area contributed by atoms with E-state index < -0.39 is 0 Å². The third-order valence-electron chi connectivity index (χ3n) is 3.60. The maximum atomic E-state index is 12.3. The third kappa shape index (κ3) is 2.44. The summed E-state index contributed by atoms with van der Waals surface area (Å²) in [6.07, 6.45) is 2.73. The first kappa shape index (κ1) is 12.8. The van der Waals surface area contributed by atoms with E-state index in [9.17, 15) is 9.59 Å². The number of hydrogen-bond acceptors (Lipinski definition) is 3. The van der Waals surface area contributed by atoms with Crippen LogP contribution >= 0.6 is 0 Å². The molecule has 18 heavy (non-hydrogen) atoms. The van der Waals surface area contributed by atoms with Crippen molar-refractivity contribution in [3.05, 3.63) is 17.5 Å². The standard InChI is InChI=1S/C13H19N3O2/c1-9-8-12(16(3)14-9)13(18)15(2)10-4-6-11(17)7-5-10/h8,10H,4-7H2,1-3H3. The van der Waals surface area contributed by atoms with E-state index in [2.05, 4.69) is 5.10 Å². The molecule has 5 heteroatoms. The SMILES string of the molecule is Cc1cc(C(=O)N(C)C2CCC(=O)CC2)n(C)n1. The van der Waals surface area contributed by atoms with Crippen LogP contribution in [0, 0.1) is 6.92 Å². The average molecular weight is 249 g/mol. The maximum Gasteiger partial charge on any atom is 0.272 e. The molecule has 0 N–H and O–H groups in total. The van der Waals surface area contributed by atoms with Crippen LogP contribution in [0.25, 0.3) is 0 Å². The lowest BCUT2D eigenvalue weighted by atomic mass is 9.93. The molecule has 5 nitrogen and oxygen atoms in total. The number of carbonyl (C=O) groups is 2. The molecule has 1 aliphatic carbocycles. The van der Waals surface area contributed by atoms with Gasteiger partial charge in [0.25, 0.3) is 5.91 Å². The molecule has 0 radical (unpaired) electrons. The molecule has 0 atom stereocenters. The van der Waals surface area contributed by atoms with Crippen LogP contribution in [0.2, 0.25) is 0 Å². The van der Waals surface area contributed by atoms with Gasteiger partial charge in [-0.1, -0.05) is 0 Å². The molecule has 1 heterocycles. The molecule has 98 valence electrons. The minimum atomic E-state index is -0.0163. The van der Waals surface area contributed by atoms with Gasteiger partial charge in [0, 0.05) is 33.0 Å².